The molecule has 19 heavy (non-hydrogen) atoms. The molecular weight excluding hydrogens is 262 g/mol. The Hall–Kier alpha value is -1.19. The maximum Gasteiger partial charge on any atom is 0.124 e. The van der Waals surface area contributed by atoms with Crippen LogP contribution in [0.25, 0.3) is 0 Å². The molecule has 106 valence electrons. The van der Waals surface area contributed by atoms with E-state index in [9.17, 15) is 0 Å². The highest BCUT2D eigenvalue weighted by atomic mass is 35.5. The van der Waals surface area contributed by atoms with E-state index < -0.39 is 0 Å². The normalized spacial score (nSPS) is 11.8. The number of rotatable bonds is 7. The number of benzene rings is 1. The van der Waals surface area contributed by atoms with Crippen LogP contribution in [-0.4, -0.2) is 19.8 Å². The molecule has 0 amide bonds. The summed E-state index contributed by atoms with van der Waals surface area (Å²) < 4.78 is 11.0. The first-order valence-electron chi connectivity index (χ1n) is 6.35. The summed E-state index contributed by atoms with van der Waals surface area (Å²) in [5.41, 5.74) is 3.60. The second kappa shape index (κ2) is 8.08. The predicted octanol–water partition coefficient (Wildman–Crippen LogP) is 3.71. The Labute approximate surface area is 120 Å². The zero-order chi connectivity index (χ0) is 14.3. The molecule has 0 aliphatic heterocycles. The molecule has 0 spiro atoms. The van der Waals surface area contributed by atoms with Gasteiger partial charge >= 0.3 is 0 Å². The van der Waals surface area contributed by atoms with E-state index in [1.54, 1.807) is 7.11 Å². The lowest BCUT2D eigenvalue weighted by molar-refractivity contribution is 0.345. The number of halogens is 1. The molecule has 1 aromatic rings. The van der Waals surface area contributed by atoms with Crippen LogP contribution in [0.3, 0.4) is 0 Å². The summed E-state index contributed by atoms with van der Waals surface area (Å²) >= 11 is 5.63. The van der Waals surface area contributed by atoms with Crippen LogP contribution in [-0.2, 0) is 6.54 Å². The van der Waals surface area contributed by atoms with Crippen LogP contribution in [0, 0.1) is 0 Å². The molecule has 1 N–H and O–H groups in total. The second-order valence-corrected chi connectivity index (χ2v) is 4.97. The van der Waals surface area contributed by atoms with E-state index in [0.29, 0.717) is 12.6 Å². The number of hydrogen-bond donors (Lipinski definition) is 1. The average Bonchev–Trinajstić information content (AvgIpc) is 2.42. The molecule has 0 saturated heterocycles. The van der Waals surface area contributed by atoms with E-state index in [2.05, 4.69) is 19.2 Å². The van der Waals surface area contributed by atoms with Crippen molar-refractivity contribution in [2.24, 2.45) is 0 Å². The summed E-state index contributed by atoms with van der Waals surface area (Å²) in [6.45, 7) is 7.39. The highest BCUT2D eigenvalue weighted by molar-refractivity contribution is 6.25. The first kappa shape index (κ1) is 15.9. The lowest BCUT2D eigenvalue weighted by Crippen LogP contribution is -2.22. The summed E-state index contributed by atoms with van der Waals surface area (Å²) in [4.78, 5) is 0. The van der Waals surface area contributed by atoms with Crippen molar-refractivity contribution in [3.8, 4) is 11.5 Å². The van der Waals surface area contributed by atoms with E-state index in [1.165, 1.54) is 5.54 Å². The van der Waals surface area contributed by atoms with E-state index in [-0.39, 0.29) is 0 Å². The van der Waals surface area contributed by atoms with Gasteiger partial charge in [-0.1, -0.05) is 25.4 Å². The predicted molar refractivity (Wildman–Crippen MR) is 80.1 cm³/mol. The smallest absolute Gasteiger partial charge is 0.124 e. The lowest BCUT2D eigenvalue weighted by Gasteiger charge is -2.15. The van der Waals surface area contributed by atoms with Gasteiger partial charge in [0.05, 0.1) is 7.11 Å². The Morgan fingerprint density at radius 2 is 2.16 bits per heavy atom. The Kier molecular flexibility index (Phi) is 6.74. The zero-order valence-corrected chi connectivity index (χ0v) is 12.8. The molecule has 0 aromatic heterocycles. The van der Waals surface area contributed by atoms with Gasteiger partial charge in [0.25, 0.3) is 0 Å². The van der Waals surface area contributed by atoms with Gasteiger partial charge in [-0.2, -0.15) is 0 Å². The van der Waals surface area contributed by atoms with Gasteiger partial charge in [-0.15, -0.1) is 0 Å². The molecule has 0 fully saturated rings. The van der Waals surface area contributed by atoms with Crippen LogP contribution in [0.5, 0.6) is 11.5 Å². The van der Waals surface area contributed by atoms with Crippen molar-refractivity contribution in [3.63, 3.8) is 0 Å². The zero-order valence-electron chi connectivity index (χ0n) is 12.0. The summed E-state index contributed by atoms with van der Waals surface area (Å²) in [7, 11) is 1.66. The Balaban J connectivity index is 2.82. The third-order valence-electron chi connectivity index (χ3n) is 2.61. The standard InChI is InChI=1S/C15H22ClNO2/c1-11(2)17-9-13-7-14(18-4)5-6-15(13)19-10-12(3)8-16/h5-8,11,17H,9-10H2,1-4H3/b12-8+. The van der Waals surface area contributed by atoms with E-state index >= 15 is 0 Å². The summed E-state index contributed by atoms with van der Waals surface area (Å²) in [5, 5.41) is 3.38. The van der Waals surface area contributed by atoms with Crippen molar-refractivity contribution in [1.82, 2.24) is 5.32 Å². The SMILES string of the molecule is COc1ccc(OC/C(C)=C/Cl)c(CNC(C)C)c1. The molecule has 1 rings (SSSR count). The van der Waals surface area contributed by atoms with Crippen LogP contribution in [0.15, 0.2) is 29.3 Å². The van der Waals surface area contributed by atoms with Crippen molar-refractivity contribution in [1.29, 1.82) is 0 Å². The first-order chi connectivity index (χ1) is 9.06. The van der Waals surface area contributed by atoms with Crippen LogP contribution >= 0.6 is 11.6 Å². The average molecular weight is 284 g/mol. The number of nitrogens with one attached hydrogen (secondary N) is 1. The molecule has 1 aromatic carbocycles. The molecule has 4 heteroatoms. The van der Waals surface area contributed by atoms with Gasteiger partial charge in [0.1, 0.15) is 18.1 Å². The topological polar surface area (TPSA) is 30.5 Å². The Bertz CT molecular complexity index is 430. The Morgan fingerprint density at radius 3 is 2.74 bits per heavy atom. The van der Waals surface area contributed by atoms with Crippen molar-refractivity contribution in [3.05, 3.63) is 34.9 Å². The van der Waals surface area contributed by atoms with Crippen LogP contribution in [0.1, 0.15) is 26.3 Å². The van der Waals surface area contributed by atoms with E-state index in [1.807, 2.05) is 25.1 Å². The van der Waals surface area contributed by atoms with Gasteiger partial charge in [0.2, 0.25) is 0 Å². The van der Waals surface area contributed by atoms with Crippen molar-refractivity contribution in [2.75, 3.05) is 13.7 Å². The van der Waals surface area contributed by atoms with Crippen LogP contribution < -0.4 is 14.8 Å². The molecule has 0 unspecified atom stereocenters. The molecule has 0 bridgehead atoms. The van der Waals surface area contributed by atoms with Gasteiger partial charge in [0.15, 0.2) is 0 Å². The maximum atomic E-state index is 5.77. The third kappa shape index (κ3) is 5.53. The lowest BCUT2D eigenvalue weighted by atomic mass is 10.1. The van der Waals surface area contributed by atoms with Crippen molar-refractivity contribution in [2.45, 2.75) is 33.4 Å². The fourth-order valence-electron chi connectivity index (χ4n) is 1.50. The molecule has 0 radical (unpaired) electrons. The van der Waals surface area contributed by atoms with E-state index in [0.717, 1.165) is 29.2 Å². The van der Waals surface area contributed by atoms with Gasteiger partial charge in [-0.05, 0) is 30.7 Å². The second-order valence-electron chi connectivity index (χ2n) is 4.75. The fourth-order valence-corrected chi connectivity index (χ4v) is 1.56. The highest BCUT2D eigenvalue weighted by Gasteiger charge is 2.07. The molecule has 0 aliphatic rings. The minimum absolute atomic E-state index is 0.420. The first-order valence-corrected chi connectivity index (χ1v) is 6.79. The van der Waals surface area contributed by atoms with Crippen LogP contribution in [0.4, 0.5) is 0 Å². The van der Waals surface area contributed by atoms with Crippen molar-refractivity contribution >= 4 is 11.6 Å². The minimum atomic E-state index is 0.420. The Morgan fingerprint density at radius 1 is 1.42 bits per heavy atom. The molecule has 0 aliphatic carbocycles. The minimum Gasteiger partial charge on any atom is -0.497 e. The summed E-state index contributed by atoms with van der Waals surface area (Å²) in [5.74, 6) is 1.68. The highest BCUT2D eigenvalue weighted by Crippen LogP contribution is 2.24. The number of ether oxygens (including phenoxy) is 2. The summed E-state index contributed by atoms with van der Waals surface area (Å²) in [6.07, 6.45) is 0. The molecule has 0 atom stereocenters. The molecule has 0 saturated carbocycles. The largest absolute Gasteiger partial charge is 0.497 e. The monoisotopic (exact) mass is 283 g/mol. The molecular formula is C15H22ClNO2. The maximum absolute atomic E-state index is 5.77. The number of hydrogen-bond acceptors (Lipinski definition) is 3. The quantitative estimate of drug-likeness (QED) is 0.827. The number of methoxy groups -OCH3 is 1. The van der Waals surface area contributed by atoms with Gasteiger partial charge in [0, 0.05) is 23.7 Å². The fraction of sp³-hybridized carbons (Fsp3) is 0.467. The van der Waals surface area contributed by atoms with Gasteiger partial charge in [-0.3, -0.25) is 0 Å². The molecule has 3 nitrogen and oxygen atoms in total. The van der Waals surface area contributed by atoms with E-state index in [4.69, 9.17) is 21.1 Å². The van der Waals surface area contributed by atoms with Gasteiger partial charge in [-0.25, -0.2) is 0 Å². The van der Waals surface area contributed by atoms with Crippen LogP contribution in [0.2, 0.25) is 0 Å². The molecule has 0 heterocycles. The van der Waals surface area contributed by atoms with Gasteiger partial charge < -0.3 is 14.8 Å². The van der Waals surface area contributed by atoms with Crippen molar-refractivity contribution < 1.29 is 9.47 Å². The summed E-state index contributed by atoms with van der Waals surface area (Å²) in [6, 6.07) is 6.24. The third-order valence-corrected chi connectivity index (χ3v) is 2.98.